The van der Waals surface area contributed by atoms with Crippen LogP contribution in [-0.2, 0) is 22.7 Å². The van der Waals surface area contributed by atoms with Gasteiger partial charge >= 0.3 is 0 Å². The van der Waals surface area contributed by atoms with Gasteiger partial charge in [-0.15, -0.1) is 5.10 Å². The molecule has 0 atom stereocenters. The molecule has 0 fully saturated rings. The zero-order chi connectivity index (χ0) is 19.6. The van der Waals surface area contributed by atoms with Gasteiger partial charge in [0.25, 0.3) is 0 Å². The van der Waals surface area contributed by atoms with Crippen LogP contribution in [-0.4, -0.2) is 46.5 Å². The van der Waals surface area contributed by atoms with E-state index < -0.39 is 0 Å². The van der Waals surface area contributed by atoms with Gasteiger partial charge in [-0.3, -0.25) is 9.59 Å². The van der Waals surface area contributed by atoms with Crippen LogP contribution in [0.5, 0.6) is 11.5 Å². The number of amides is 2. The molecule has 0 spiro atoms. The quantitative estimate of drug-likeness (QED) is 0.639. The summed E-state index contributed by atoms with van der Waals surface area (Å²) >= 11 is 0. The van der Waals surface area contributed by atoms with Crippen molar-refractivity contribution in [3.05, 3.63) is 36.2 Å². The molecule has 146 valence electrons. The highest BCUT2D eigenvalue weighted by Gasteiger charge is 2.09. The summed E-state index contributed by atoms with van der Waals surface area (Å²) in [7, 11) is 1.57. The summed E-state index contributed by atoms with van der Waals surface area (Å²) < 4.78 is 12.3. The first kappa shape index (κ1) is 20.2. The number of aromatic nitrogens is 3. The van der Waals surface area contributed by atoms with Crippen molar-refractivity contribution in [2.75, 3.05) is 13.7 Å². The smallest absolute Gasteiger partial charge is 0.241 e. The van der Waals surface area contributed by atoms with Gasteiger partial charge in [-0.05, 0) is 26.0 Å². The fraction of sp³-hybridized carbons (Fsp3) is 0.444. The van der Waals surface area contributed by atoms with Crippen molar-refractivity contribution in [3.63, 3.8) is 0 Å². The molecule has 9 nitrogen and oxygen atoms in total. The van der Waals surface area contributed by atoms with Crippen molar-refractivity contribution in [3.8, 4) is 11.5 Å². The van der Waals surface area contributed by atoms with Crippen molar-refractivity contribution in [1.29, 1.82) is 0 Å². The Kier molecular flexibility index (Phi) is 7.60. The third-order valence-corrected chi connectivity index (χ3v) is 3.46. The number of rotatable bonds is 10. The number of nitrogens with zero attached hydrogens (tertiary/aromatic N) is 3. The van der Waals surface area contributed by atoms with E-state index >= 15 is 0 Å². The molecule has 1 aromatic heterocycles. The standard InChI is InChI=1S/C18H25N5O4/c1-13(2)20-17(24)8-9-19-18(25)11-23-10-14(21-22-23)12-27-16-7-5-4-6-15(16)26-3/h4-7,10,13H,8-9,11-12H2,1-3H3,(H,19,25)(H,20,24). The van der Waals surface area contributed by atoms with Crippen LogP contribution in [0.3, 0.4) is 0 Å². The molecule has 9 heteroatoms. The Morgan fingerprint density at radius 1 is 1.19 bits per heavy atom. The number of hydrogen-bond donors (Lipinski definition) is 2. The van der Waals surface area contributed by atoms with Crippen LogP contribution in [0.2, 0.25) is 0 Å². The predicted molar refractivity (Wildman–Crippen MR) is 98.3 cm³/mol. The van der Waals surface area contributed by atoms with Crippen LogP contribution in [0.4, 0.5) is 0 Å². The van der Waals surface area contributed by atoms with Crippen LogP contribution >= 0.6 is 0 Å². The van der Waals surface area contributed by atoms with Crippen LogP contribution < -0.4 is 20.1 Å². The number of para-hydroxylation sites is 2. The Labute approximate surface area is 158 Å². The van der Waals surface area contributed by atoms with E-state index in [0.29, 0.717) is 17.2 Å². The third-order valence-electron chi connectivity index (χ3n) is 3.46. The predicted octanol–water partition coefficient (Wildman–Crippen LogP) is 0.897. The van der Waals surface area contributed by atoms with Crippen molar-refractivity contribution in [2.24, 2.45) is 0 Å². The maximum absolute atomic E-state index is 11.9. The summed E-state index contributed by atoms with van der Waals surface area (Å²) in [6.07, 6.45) is 1.87. The minimum Gasteiger partial charge on any atom is -0.493 e. The highest BCUT2D eigenvalue weighted by molar-refractivity contribution is 5.78. The number of carbonyl (C=O) groups excluding carboxylic acids is 2. The van der Waals surface area contributed by atoms with Crippen LogP contribution in [0.25, 0.3) is 0 Å². The first-order valence-corrected chi connectivity index (χ1v) is 8.69. The molecule has 0 aliphatic rings. The van der Waals surface area contributed by atoms with E-state index in [9.17, 15) is 9.59 Å². The number of hydrogen-bond acceptors (Lipinski definition) is 6. The fourth-order valence-corrected chi connectivity index (χ4v) is 2.28. The lowest BCUT2D eigenvalue weighted by Crippen LogP contribution is -2.35. The molecule has 0 radical (unpaired) electrons. The Balaban J connectivity index is 1.75. The summed E-state index contributed by atoms with van der Waals surface area (Å²) in [5.41, 5.74) is 0.588. The zero-order valence-electron chi connectivity index (χ0n) is 15.8. The van der Waals surface area contributed by atoms with Crippen molar-refractivity contribution in [2.45, 2.75) is 39.5 Å². The number of methoxy groups -OCH3 is 1. The van der Waals surface area contributed by atoms with Gasteiger partial charge < -0.3 is 20.1 Å². The van der Waals surface area contributed by atoms with E-state index in [2.05, 4.69) is 20.9 Å². The molecule has 0 bridgehead atoms. The molecule has 2 aromatic rings. The van der Waals surface area contributed by atoms with Gasteiger partial charge in [0.2, 0.25) is 11.8 Å². The van der Waals surface area contributed by atoms with E-state index in [4.69, 9.17) is 9.47 Å². The van der Waals surface area contributed by atoms with Crippen LogP contribution in [0.15, 0.2) is 30.5 Å². The molecule has 1 aromatic carbocycles. The molecule has 0 unspecified atom stereocenters. The highest BCUT2D eigenvalue weighted by atomic mass is 16.5. The van der Waals surface area contributed by atoms with Gasteiger partial charge in [0.1, 0.15) is 18.8 Å². The van der Waals surface area contributed by atoms with E-state index in [1.807, 2.05) is 26.0 Å². The van der Waals surface area contributed by atoms with E-state index in [-0.39, 0.29) is 44.0 Å². The first-order chi connectivity index (χ1) is 13.0. The lowest BCUT2D eigenvalue weighted by atomic mass is 10.3. The maximum Gasteiger partial charge on any atom is 0.241 e. The average Bonchev–Trinajstić information content (AvgIpc) is 3.06. The molecule has 2 amide bonds. The third kappa shape index (κ3) is 6.96. The molecular weight excluding hydrogens is 350 g/mol. The van der Waals surface area contributed by atoms with Gasteiger partial charge in [0, 0.05) is 19.0 Å². The minimum absolute atomic E-state index is 0.0213. The monoisotopic (exact) mass is 375 g/mol. The Hall–Kier alpha value is -3.10. The lowest BCUT2D eigenvalue weighted by Gasteiger charge is -2.09. The minimum atomic E-state index is -0.241. The molecular formula is C18H25N5O4. The average molecular weight is 375 g/mol. The first-order valence-electron chi connectivity index (χ1n) is 8.69. The fourth-order valence-electron chi connectivity index (χ4n) is 2.28. The van der Waals surface area contributed by atoms with E-state index in [0.717, 1.165) is 0 Å². The maximum atomic E-state index is 11.9. The van der Waals surface area contributed by atoms with Gasteiger partial charge in [-0.1, -0.05) is 17.3 Å². The molecule has 0 aliphatic carbocycles. The molecule has 2 rings (SSSR count). The SMILES string of the molecule is COc1ccccc1OCc1cn(CC(=O)NCCC(=O)NC(C)C)nn1. The van der Waals surface area contributed by atoms with E-state index in [1.165, 1.54) is 4.68 Å². The summed E-state index contributed by atoms with van der Waals surface area (Å²) in [4.78, 5) is 23.4. The highest BCUT2D eigenvalue weighted by Crippen LogP contribution is 2.26. The normalized spacial score (nSPS) is 10.5. The second-order valence-electron chi connectivity index (χ2n) is 6.17. The Bertz CT molecular complexity index is 760. The van der Waals surface area contributed by atoms with Gasteiger partial charge in [0.15, 0.2) is 11.5 Å². The second-order valence-corrected chi connectivity index (χ2v) is 6.17. The molecule has 27 heavy (non-hydrogen) atoms. The largest absolute Gasteiger partial charge is 0.493 e. The van der Waals surface area contributed by atoms with Gasteiger partial charge in [-0.2, -0.15) is 0 Å². The van der Waals surface area contributed by atoms with Crippen molar-refractivity contribution in [1.82, 2.24) is 25.6 Å². The van der Waals surface area contributed by atoms with Gasteiger partial charge in [0.05, 0.1) is 13.3 Å². The molecule has 2 N–H and O–H groups in total. The Morgan fingerprint density at radius 2 is 1.93 bits per heavy atom. The summed E-state index contributed by atoms with van der Waals surface area (Å²) in [6, 6.07) is 7.39. The van der Waals surface area contributed by atoms with Crippen LogP contribution in [0.1, 0.15) is 26.0 Å². The van der Waals surface area contributed by atoms with Crippen molar-refractivity contribution >= 4 is 11.8 Å². The molecule has 0 aliphatic heterocycles. The summed E-state index contributed by atoms with van der Waals surface area (Å²) in [6.45, 7) is 4.27. The number of ether oxygens (including phenoxy) is 2. The Morgan fingerprint density at radius 3 is 2.63 bits per heavy atom. The summed E-state index contributed by atoms with van der Waals surface area (Å²) in [5.74, 6) is 0.897. The zero-order valence-corrected chi connectivity index (χ0v) is 15.8. The molecule has 1 heterocycles. The van der Waals surface area contributed by atoms with Crippen molar-refractivity contribution < 1.29 is 19.1 Å². The number of carbonyl (C=O) groups is 2. The number of benzene rings is 1. The van der Waals surface area contributed by atoms with Crippen LogP contribution in [0, 0.1) is 0 Å². The topological polar surface area (TPSA) is 107 Å². The molecule has 0 saturated carbocycles. The second kappa shape index (κ2) is 10.1. The summed E-state index contributed by atoms with van der Waals surface area (Å²) in [5, 5.41) is 13.3. The number of nitrogens with one attached hydrogen (secondary N) is 2. The lowest BCUT2D eigenvalue weighted by molar-refractivity contribution is -0.123. The van der Waals surface area contributed by atoms with Gasteiger partial charge in [-0.25, -0.2) is 4.68 Å². The molecule has 0 saturated heterocycles. The van der Waals surface area contributed by atoms with E-state index in [1.54, 1.807) is 25.4 Å².